The van der Waals surface area contributed by atoms with E-state index in [-0.39, 0.29) is 16.6 Å². The maximum atomic E-state index is 13.0. The van der Waals surface area contributed by atoms with Gasteiger partial charge in [-0.25, -0.2) is 17.5 Å². The zero-order valence-electron chi connectivity index (χ0n) is 14.2. The van der Waals surface area contributed by atoms with E-state index in [1.54, 1.807) is 31.2 Å². The minimum absolute atomic E-state index is 0.102. The van der Waals surface area contributed by atoms with Crippen LogP contribution in [0.3, 0.4) is 0 Å². The van der Waals surface area contributed by atoms with E-state index < -0.39 is 16.1 Å². The van der Waals surface area contributed by atoms with Crippen LogP contribution < -0.4 is 9.46 Å². The molecule has 0 radical (unpaired) electrons. The molecule has 6 heteroatoms. The summed E-state index contributed by atoms with van der Waals surface area (Å²) >= 11 is 0. The molecule has 4 nitrogen and oxygen atoms in total. The fraction of sp³-hybridized carbons (Fsp3) is 0.333. The monoisotopic (exact) mass is 351 g/mol. The highest BCUT2D eigenvalue weighted by Gasteiger charge is 2.23. The Labute approximate surface area is 142 Å². The number of benzene rings is 2. The van der Waals surface area contributed by atoms with Gasteiger partial charge in [0, 0.05) is 6.04 Å². The first-order chi connectivity index (χ1) is 11.2. The van der Waals surface area contributed by atoms with E-state index in [9.17, 15) is 12.8 Å². The summed E-state index contributed by atoms with van der Waals surface area (Å²) in [7, 11) is -2.35. The molecule has 0 saturated carbocycles. The Kier molecular flexibility index (Phi) is 5.62. The molecule has 24 heavy (non-hydrogen) atoms. The van der Waals surface area contributed by atoms with Crippen LogP contribution in [0, 0.1) is 5.82 Å². The number of nitrogens with one attached hydrogen (secondary N) is 1. The maximum Gasteiger partial charge on any atom is 0.244 e. The SMILES string of the molecule is COc1ccc(C(C)C)cc1S(=O)(=O)NC(C)c1ccc(F)cc1. The van der Waals surface area contributed by atoms with Gasteiger partial charge in [-0.05, 0) is 48.2 Å². The van der Waals surface area contributed by atoms with Crippen LogP contribution in [0.2, 0.25) is 0 Å². The van der Waals surface area contributed by atoms with Gasteiger partial charge in [0.1, 0.15) is 16.5 Å². The highest BCUT2D eigenvalue weighted by molar-refractivity contribution is 7.89. The number of ether oxygens (including phenoxy) is 1. The Morgan fingerprint density at radius 3 is 2.12 bits per heavy atom. The van der Waals surface area contributed by atoms with Gasteiger partial charge in [-0.1, -0.05) is 32.0 Å². The van der Waals surface area contributed by atoms with Crippen molar-refractivity contribution in [3.05, 3.63) is 59.4 Å². The molecule has 0 amide bonds. The first-order valence-corrected chi connectivity index (χ1v) is 9.18. The van der Waals surface area contributed by atoms with Crippen LogP contribution in [0.15, 0.2) is 47.4 Å². The largest absolute Gasteiger partial charge is 0.495 e. The van der Waals surface area contributed by atoms with Crippen molar-refractivity contribution in [3.63, 3.8) is 0 Å². The first-order valence-electron chi connectivity index (χ1n) is 7.70. The summed E-state index contributed by atoms with van der Waals surface area (Å²) in [6, 6.07) is 10.4. The lowest BCUT2D eigenvalue weighted by Gasteiger charge is -2.17. The third kappa shape index (κ3) is 4.13. The number of hydrogen-bond acceptors (Lipinski definition) is 3. The van der Waals surface area contributed by atoms with Crippen LogP contribution in [0.25, 0.3) is 0 Å². The third-order valence-electron chi connectivity index (χ3n) is 3.85. The molecule has 1 unspecified atom stereocenters. The van der Waals surface area contributed by atoms with Crippen molar-refractivity contribution in [2.75, 3.05) is 7.11 Å². The highest BCUT2D eigenvalue weighted by Crippen LogP contribution is 2.29. The number of rotatable bonds is 6. The standard InChI is InChI=1S/C18H22FNO3S/c1-12(2)15-7-10-17(23-4)18(11-15)24(21,22)20-13(3)14-5-8-16(19)9-6-14/h5-13,20H,1-4H3. The fourth-order valence-electron chi connectivity index (χ4n) is 2.38. The van der Waals surface area contributed by atoms with Gasteiger partial charge in [-0.15, -0.1) is 0 Å². The zero-order chi connectivity index (χ0) is 17.9. The van der Waals surface area contributed by atoms with Gasteiger partial charge in [0.05, 0.1) is 7.11 Å². The summed E-state index contributed by atoms with van der Waals surface area (Å²) in [5, 5.41) is 0. The predicted molar refractivity (Wildman–Crippen MR) is 92.2 cm³/mol. The van der Waals surface area contributed by atoms with E-state index in [4.69, 9.17) is 4.74 Å². The number of methoxy groups -OCH3 is 1. The van der Waals surface area contributed by atoms with Gasteiger partial charge in [0.15, 0.2) is 0 Å². The minimum atomic E-state index is -3.79. The van der Waals surface area contributed by atoms with Crippen LogP contribution in [-0.2, 0) is 10.0 Å². The molecule has 0 aliphatic carbocycles. The van der Waals surface area contributed by atoms with E-state index in [1.807, 2.05) is 19.9 Å². The summed E-state index contributed by atoms with van der Waals surface area (Å²) in [5.41, 5.74) is 1.59. The van der Waals surface area contributed by atoms with Crippen molar-refractivity contribution in [2.45, 2.75) is 37.6 Å². The summed E-state index contributed by atoms with van der Waals surface area (Å²) in [4.78, 5) is 0.102. The molecule has 0 saturated heterocycles. The average molecular weight is 351 g/mol. The third-order valence-corrected chi connectivity index (χ3v) is 5.41. The molecular weight excluding hydrogens is 329 g/mol. The molecule has 0 heterocycles. The van der Waals surface area contributed by atoms with E-state index in [0.29, 0.717) is 11.3 Å². The number of halogens is 1. The van der Waals surface area contributed by atoms with Gasteiger partial charge in [-0.2, -0.15) is 0 Å². The van der Waals surface area contributed by atoms with E-state index >= 15 is 0 Å². The van der Waals surface area contributed by atoms with Gasteiger partial charge >= 0.3 is 0 Å². The van der Waals surface area contributed by atoms with E-state index in [0.717, 1.165) is 5.56 Å². The van der Waals surface area contributed by atoms with Crippen LogP contribution in [0.1, 0.15) is 43.9 Å². The predicted octanol–water partition coefficient (Wildman–Crippen LogP) is 4.00. The van der Waals surface area contributed by atoms with Crippen molar-refractivity contribution in [3.8, 4) is 5.75 Å². The molecular formula is C18H22FNO3S. The Morgan fingerprint density at radius 2 is 1.58 bits per heavy atom. The highest BCUT2D eigenvalue weighted by atomic mass is 32.2. The van der Waals surface area contributed by atoms with Crippen molar-refractivity contribution in [2.24, 2.45) is 0 Å². The van der Waals surface area contributed by atoms with Gasteiger partial charge in [0.2, 0.25) is 10.0 Å². The average Bonchev–Trinajstić information content (AvgIpc) is 2.54. The molecule has 1 N–H and O–H groups in total. The molecule has 130 valence electrons. The second-order valence-electron chi connectivity index (χ2n) is 5.96. The lowest BCUT2D eigenvalue weighted by molar-refractivity contribution is 0.401. The zero-order valence-corrected chi connectivity index (χ0v) is 15.0. The smallest absolute Gasteiger partial charge is 0.244 e. The molecule has 0 fully saturated rings. The minimum Gasteiger partial charge on any atom is -0.495 e. The Bertz CT molecular complexity index is 802. The van der Waals surface area contributed by atoms with Crippen molar-refractivity contribution < 1.29 is 17.5 Å². The van der Waals surface area contributed by atoms with Crippen molar-refractivity contribution >= 4 is 10.0 Å². The summed E-state index contributed by atoms with van der Waals surface area (Å²) in [5.74, 6) is 0.123. The van der Waals surface area contributed by atoms with Gasteiger partial charge < -0.3 is 4.74 Å². The van der Waals surface area contributed by atoms with Gasteiger partial charge in [0.25, 0.3) is 0 Å². The van der Waals surface area contributed by atoms with Crippen molar-refractivity contribution in [1.29, 1.82) is 0 Å². The maximum absolute atomic E-state index is 13.0. The van der Waals surface area contributed by atoms with Crippen molar-refractivity contribution in [1.82, 2.24) is 4.72 Å². The van der Waals surface area contributed by atoms with Crippen LogP contribution in [-0.4, -0.2) is 15.5 Å². The lowest BCUT2D eigenvalue weighted by Crippen LogP contribution is -2.27. The molecule has 0 aliphatic rings. The van der Waals surface area contributed by atoms with E-state index in [1.165, 1.54) is 19.2 Å². The van der Waals surface area contributed by atoms with Crippen LogP contribution in [0.4, 0.5) is 4.39 Å². The Hall–Kier alpha value is -1.92. The Morgan fingerprint density at radius 1 is 1.00 bits per heavy atom. The quantitative estimate of drug-likeness (QED) is 0.856. The number of hydrogen-bond donors (Lipinski definition) is 1. The van der Waals surface area contributed by atoms with Crippen LogP contribution >= 0.6 is 0 Å². The normalized spacial score (nSPS) is 13.1. The Balaban J connectivity index is 2.35. The molecule has 2 aromatic rings. The second-order valence-corrected chi connectivity index (χ2v) is 7.64. The second kappa shape index (κ2) is 7.32. The molecule has 0 aromatic heterocycles. The molecule has 0 aliphatic heterocycles. The summed E-state index contributed by atoms with van der Waals surface area (Å²) < 4.78 is 46.4. The number of sulfonamides is 1. The molecule has 1 atom stereocenters. The molecule has 0 spiro atoms. The topological polar surface area (TPSA) is 55.4 Å². The van der Waals surface area contributed by atoms with Gasteiger partial charge in [-0.3, -0.25) is 0 Å². The molecule has 2 rings (SSSR count). The lowest BCUT2D eigenvalue weighted by atomic mass is 10.0. The summed E-state index contributed by atoms with van der Waals surface area (Å²) in [6.07, 6.45) is 0. The molecule has 2 aromatic carbocycles. The first kappa shape index (κ1) is 18.4. The van der Waals surface area contributed by atoms with Crippen LogP contribution in [0.5, 0.6) is 5.75 Å². The molecule has 0 bridgehead atoms. The summed E-state index contributed by atoms with van der Waals surface area (Å²) in [6.45, 7) is 5.70. The fourth-order valence-corrected chi connectivity index (χ4v) is 3.81. The van der Waals surface area contributed by atoms with E-state index in [2.05, 4.69) is 4.72 Å².